The van der Waals surface area contributed by atoms with Crippen LogP contribution in [-0.2, 0) is 4.74 Å². The molecule has 3 aromatic rings. The van der Waals surface area contributed by atoms with E-state index >= 15 is 0 Å². The Labute approximate surface area is 146 Å². The van der Waals surface area contributed by atoms with Crippen LogP contribution in [0.3, 0.4) is 0 Å². The number of ether oxygens (including phenoxy) is 1. The van der Waals surface area contributed by atoms with Crippen molar-refractivity contribution in [3.8, 4) is 22.4 Å². The molecule has 0 saturated heterocycles. The Morgan fingerprint density at radius 3 is 2.32 bits per heavy atom. The first kappa shape index (κ1) is 16.7. The molecular weight excluding hydrogens is 314 g/mol. The second-order valence-corrected chi connectivity index (χ2v) is 5.75. The van der Waals surface area contributed by atoms with Gasteiger partial charge in [0.15, 0.2) is 0 Å². The highest BCUT2D eigenvalue weighted by atomic mass is 16.5. The number of H-pyrrole nitrogens is 1. The Morgan fingerprint density at radius 2 is 1.68 bits per heavy atom. The molecule has 0 aliphatic rings. The standard InChI is InChI=1S/C21H19NO3/c1-3-25-21(24)19-17(15-11-9-14(2)10-12-15)13-18(22-20(19)23)16-7-5-4-6-8-16/h4-13H,3H2,1-2H3,(H,22,23). The van der Waals surface area contributed by atoms with E-state index in [-0.39, 0.29) is 12.2 Å². The zero-order chi connectivity index (χ0) is 17.8. The van der Waals surface area contributed by atoms with Crippen LogP contribution in [-0.4, -0.2) is 17.6 Å². The molecule has 0 unspecified atom stereocenters. The molecule has 0 fully saturated rings. The SMILES string of the molecule is CCOC(=O)c1c(-c2ccc(C)cc2)cc(-c2ccccc2)[nH]c1=O. The highest BCUT2D eigenvalue weighted by Crippen LogP contribution is 2.27. The minimum Gasteiger partial charge on any atom is -0.462 e. The molecular formula is C21H19NO3. The van der Waals surface area contributed by atoms with Crippen molar-refractivity contribution in [1.29, 1.82) is 0 Å². The number of aromatic amines is 1. The lowest BCUT2D eigenvalue weighted by Crippen LogP contribution is -2.21. The third-order valence-corrected chi connectivity index (χ3v) is 3.96. The monoisotopic (exact) mass is 333 g/mol. The number of hydrogen-bond acceptors (Lipinski definition) is 3. The molecule has 0 radical (unpaired) electrons. The molecule has 0 saturated carbocycles. The molecule has 3 rings (SSSR count). The number of esters is 1. The molecule has 25 heavy (non-hydrogen) atoms. The molecule has 1 heterocycles. The van der Waals surface area contributed by atoms with Gasteiger partial charge in [-0.3, -0.25) is 4.79 Å². The minimum atomic E-state index is -0.612. The van der Waals surface area contributed by atoms with Crippen molar-refractivity contribution < 1.29 is 9.53 Å². The second kappa shape index (κ2) is 7.18. The number of hydrogen-bond donors (Lipinski definition) is 1. The van der Waals surface area contributed by atoms with E-state index in [1.54, 1.807) is 6.92 Å². The summed E-state index contributed by atoms with van der Waals surface area (Å²) < 4.78 is 5.08. The summed E-state index contributed by atoms with van der Waals surface area (Å²) in [6.45, 7) is 3.92. The van der Waals surface area contributed by atoms with Gasteiger partial charge in [-0.15, -0.1) is 0 Å². The predicted molar refractivity (Wildman–Crippen MR) is 98.6 cm³/mol. The van der Waals surface area contributed by atoms with Crippen molar-refractivity contribution in [2.45, 2.75) is 13.8 Å². The van der Waals surface area contributed by atoms with Crippen molar-refractivity contribution in [2.75, 3.05) is 6.61 Å². The molecule has 2 aromatic carbocycles. The number of carbonyl (C=O) groups excluding carboxylic acids is 1. The van der Waals surface area contributed by atoms with Crippen LogP contribution in [0.25, 0.3) is 22.4 Å². The van der Waals surface area contributed by atoms with Crippen molar-refractivity contribution in [3.63, 3.8) is 0 Å². The lowest BCUT2D eigenvalue weighted by Gasteiger charge is -2.11. The van der Waals surface area contributed by atoms with Crippen molar-refractivity contribution in [3.05, 3.63) is 82.1 Å². The van der Waals surface area contributed by atoms with E-state index in [1.807, 2.05) is 67.6 Å². The van der Waals surface area contributed by atoms with E-state index in [1.165, 1.54) is 0 Å². The highest BCUT2D eigenvalue weighted by molar-refractivity contribution is 5.97. The van der Waals surface area contributed by atoms with Crippen LogP contribution in [0.4, 0.5) is 0 Å². The number of carbonyl (C=O) groups is 1. The summed E-state index contributed by atoms with van der Waals surface area (Å²) in [4.78, 5) is 27.8. The van der Waals surface area contributed by atoms with Crippen LogP contribution >= 0.6 is 0 Å². The Kier molecular flexibility index (Phi) is 4.80. The number of pyridine rings is 1. The fourth-order valence-corrected chi connectivity index (χ4v) is 2.70. The van der Waals surface area contributed by atoms with Gasteiger partial charge in [0.2, 0.25) is 0 Å². The van der Waals surface area contributed by atoms with Gasteiger partial charge in [0, 0.05) is 11.3 Å². The van der Waals surface area contributed by atoms with Crippen molar-refractivity contribution in [2.24, 2.45) is 0 Å². The number of rotatable bonds is 4. The summed E-state index contributed by atoms with van der Waals surface area (Å²) in [6.07, 6.45) is 0. The van der Waals surface area contributed by atoms with Gasteiger partial charge in [-0.2, -0.15) is 0 Å². The Balaban J connectivity index is 2.23. The topological polar surface area (TPSA) is 59.2 Å². The first-order valence-corrected chi connectivity index (χ1v) is 8.17. The van der Waals surface area contributed by atoms with Crippen LogP contribution in [0.1, 0.15) is 22.8 Å². The fraction of sp³-hybridized carbons (Fsp3) is 0.143. The average Bonchev–Trinajstić information content (AvgIpc) is 2.62. The lowest BCUT2D eigenvalue weighted by atomic mass is 9.98. The van der Waals surface area contributed by atoms with Gasteiger partial charge in [0.05, 0.1) is 6.61 Å². The summed E-state index contributed by atoms with van der Waals surface area (Å²) in [7, 11) is 0. The molecule has 0 aliphatic carbocycles. The van der Waals surface area contributed by atoms with Gasteiger partial charge < -0.3 is 9.72 Å². The molecule has 1 N–H and O–H groups in total. The summed E-state index contributed by atoms with van der Waals surface area (Å²) in [5, 5.41) is 0. The fourth-order valence-electron chi connectivity index (χ4n) is 2.70. The third-order valence-electron chi connectivity index (χ3n) is 3.96. The maximum Gasteiger partial charge on any atom is 0.344 e. The number of nitrogens with one attached hydrogen (secondary N) is 1. The molecule has 0 aliphatic heterocycles. The largest absolute Gasteiger partial charge is 0.462 e. The number of aryl methyl sites for hydroxylation is 1. The van der Waals surface area contributed by atoms with Gasteiger partial charge in [0.25, 0.3) is 5.56 Å². The van der Waals surface area contributed by atoms with Gasteiger partial charge in [0.1, 0.15) is 5.56 Å². The van der Waals surface area contributed by atoms with E-state index in [4.69, 9.17) is 4.74 Å². The number of aromatic nitrogens is 1. The van der Waals surface area contributed by atoms with Gasteiger partial charge in [-0.25, -0.2) is 4.79 Å². The minimum absolute atomic E-state index is 0.0328. The molecule has 0 spiro atoms. The summed E-state index contributed by atoms with van der Waals surface area (Å²) in [5.41, 5.74) is 3.60. The summed E-state index contributed by atoms with van der Waals surface area (Å²) in [6, 6.07) is 19.1. The quantitative estimate of drug-likeness (QED) is 0.728. The normalized spacial score (nSPS) is 10.5. The average molecular weight is 333 g/mol. The predicted octanol–water partition coefficient (Wildman–Crippen LogP) is 4.19. The second-order valence-electron chi connectivity index (χ2n) is 5.75. The first-order valence-electron chi connectivity index (χ1n) is 8.17. The number of benzene rings is 2. The molecule has 0 amide bonds. The van der Waals surface area contributed by atoms with Crippen molar-refractivity contribution >= 4 is 5.97 Å². The van der Waals surface area contributed by atoms with E-state index in [9.17, 15) is 9.59 Å². The van der Waals surface area contributed by atoms with Gasteiger partial charge in [-0.05, 0) is 31.0 Å². The molecule has 0 atom stereocenters. The van der Waals surface area contributed by atoms with E-state index in [0.29, 0.717) is 11.3 Å². The highest BCUT2D eigenvalue weighted by Gasteiger charge is 2.20. The smallest absolute Gasteiger partial charge is 0.344 e. The molecule has 1 aromatic heterocycles. The Morgan fingerprint density at radius 1 is 1.00 bits per heavy atom. The Hall–Kier alpha value is -3.14. The maximum atomic E-state index is 12.6. The molecule has 0 bridgehead atoms. The molecule has 126 valence electrons. The van der Waals surface area contributed by atoms with E-state index in [0.717, 1.165) is 16.7 Å². The van der Waals surface area contributed by atoms with Crippen LogP contribution < -0.4 is 5.56 Å². The maximum absolute atomic E-state index is 12.6. The Bertz CT molecular complexity index is 941. The summed E-state index contributed by atoms with van der Waals surface area (Å²) in [5.74, 6) is -0.612. The lowest BCUT2D eigenvalue weighted by molar-refractivity contribution is 0.0525. The van der Waals surface area contributed by atoms with Gasteiger partial charge >= 0.3 is 5.97 Å². The van der Waals surface area contributed by atoms with Crippen LogP contribution in [0.5, 0.6) is 0 Å². The summed E-state index contributed by atoms with van der Waals surface area (Å²) >= 11 is 0. The third kappa shape index (κ3) is 3.53. The van der Waals surface area contributed by atoms with Crippen LogP contribution in [0.15, 0.2) is 65.5 Å². The first-order chi connectivity index (χ1) is 12.1. The zero-order valence-electron chi connectivity index (χ0n) is 14.2. The van der Waals surface area contributed by atoms with E-state index < -0.39 is 11.5 Å². The van der Waals surface area contributed by atoms with E-state index in [2.05, 4.69) is 4.98 Å². The zero-order valence-corrected chi connectivity index (χ0v) is 14.2. The van der Waals surface area contributed by atoms with Gasteiger partial charge in [-0.1, -0.05) is 60.2 Å². The van der Waals surface area contributed by atoms with Crippen LogP contribution in [0, 0.1) is 6.92 Å². The molecule has 4 heteroatoms. The molecule has 4 nitrogen and oxygen atoms in total. The van der Waals surface area contributed by atoms with Crippen LogP contribution in [0.2, 0.25) is 0 Å². The van der Waals surface area contributed by atoms with Crippen molar-refractivity contribution in [1.82, 2.24) is 4.98 Å².